The summed E-state index contributed by atoms with van der Waals surface area (Å²) in [4.78, 5) is 24.2. The van der Waals surface area contributed by atoms with Gasteiger partial charge in [0.1, 0.15) is 5.75 Å². The van der Waals surface area contributed by atoms with E-state index in [1.54, 1.807) is 12.1 Å². The first kappa shape index (κ1) is 13.6. The van der Waals surface area contributed by atoms with Crippen molar-refractivity contribution in [2.24, 2.45) is 0 Å². The van der Waals surface area contributed by atoms with E-state index in [9.17, 15) is 9.59 Å². The van der Waals surface area contributed by atoms with Crippen molar-refractivity contribution >= 4 is 11.6 Å². The number of benzene rings is 2. The van der Waals surface area contributed by atoms with Crippen LogP contribution in [0.2, 0.25) is 0 Å². The highest BCUT2D eigenvalue weighted by atomic mass is 16.5. The summed E-state index contributed by atoms with van der Waals surface area (Å²) >= 11 is 0. The maximum atomic E-state index is 12.4. The van der Waals surface area contributed by atoms with Crippen LogP contribution in [-0.2, 0) is 4.79 Å². The highest BCUT2D eigenvalue weighted by Crippen LogP contribution is 2.40. The SMILES string of the molecule is CC(=O)[C@H]1Oc2ccccc2[C@H]1CC(=O)c1ccccc1. The molecule has 0 saturated carbocycles. The molecule has 2 aromatic rings. The maximum absolute atomic E-state index is 12.4. The minimum absolute atomic E-state index is 0.0344. The Bertz CT molecular complexity index is 676. The smallest absolute Gasteiger partial charge is 0.170 e. The molecule has 0 N–H and O–H groups in total. The molecule has 0 spiro atoms. The van der Waals surface area contributed by atoms with Crippen molar-refractivity contribution in [1.29, 1.82) is 0 Å². The molecule has 2 atom stereocenters. The van der Waals surface area contributed by atoms with Gasteiger partial charge in [0, 0.05) is 23.5 Å². The Morgan fingerprint density at radius 2 is 1.67 bits per heavy atom. The van der Waals surface area contributed by atoms with Gasteiger partial charge in [0.2, 0.25) is 0 Å². The first-order valence-electron chi connectivity index (χ1n) is 7.01. The molecule has 1 aliphatic heterocycles. The summed E-state index contributed by atoms with van der Waals surface area (Å²) in [6.07, 6.45) is -0.277. The van der Waals surface area contributed by atoms with Crippen LogP contribution in [0.15, 0.2) is 54.6 Å². The molecular formula is C18H16O3. The predicted molar refractivity (Wildman–Crippen MR) is 79.7 cm³/mol. The van der Waals surface area contributed by atoms with Crippen LogP contribution in [0.4, 0.5) is 0 Å². The third kappa shape index (κ3) is 2.59. The number of para-hydroxylation sites is 1. The van der Waals surface area contributed by atoms with Crippen molar-refractivity contribution in [2.45, 2.75) is 25.4 Å². The number of ketones is 2. The van der Waals surface area contributed by atoms with Crippen molar-refractivity contribution in [3.63, 3.8) is 0 Å². The van der Waals surface area contributed by atoms with E-state index in [-0.39, 0.29) is 23.9 Å². The molecule has 0 saturated heterocycles. The van der Waals surface area contributed by atoms with Crippen LogP contribution < -0.4 is 4.74 Å². The van der Waals surface area contributed by atoms with Crippen LogP contribution in [0.3, 0.4) is 0 Å². The molecule has 3 rings (SSSR count). The largest absolute Gasteiger partial charge is 0.482 e. The fraction of sp³-hybridized carbons (Fsp3) is 0.222. The maximum Gasteiger partial charge on any atom is 0.170 e. The second-order valence-corrected chi connectivity index (χ2v) is 5.29. The van der Waals surface area contributed by atoms with Crippen LogP contribution in [0.25, 0.3) is 0 Å². The van der Waals surface area contributed by atoms with Crippen molar-refractivity contribution in [2.75, 3.05) is 0 Å². The van der Waals surface area contributed by atoms with E-state index in [4.69, 9.17) is 4.74 Å². The molecule has 0 bridgehead atoms. The molecule has 2 aromatic carbocycles. The van der Waals surface area contributed by atoms with Crippen molar-refractivity contribution < 1.29 is 14.3 Å². The van der Waals surface area contributed by atoms with Gasteiger partial charge in [-0.1, -0.05) is 48.5 Å². The highest BCUT2D eigenvalue weighted by Gasteiger charge is 2.38. The summed E-state index contributed by atoms with van der Waals surface area (Å²) in [5, 5.41) is 0. The third-order valence-electron chi connectivity index (χ3n) is 3.84. The Hall–Kier alpha value is -2.42. The average Bonchev–Trinajstić information content (AvgIpc) is 2.87. The van der Waals surface area contributed by atoms with E-state index < -0.39 is 6.10 Å². The quantitative estimate of drug-likeness (QED) is 0.806. The van der Waals surface area contributed by atoms with Crippen LogP contribution in [-0.4, -0.2) is 17.7 Å². The molecule has 0 unspecified atom stereocenters. The molecule has 106 valence electrons. The van der Waals surface area contributed by atoms with E-state index in [1.807, 2.05) is 42.5 Å². The molecule has 21 heavy (non-hydrogen) atoms. The monoisotopic (exact) mass is 280 g/mol. The minimum atomic E-state index is -0.560. The minimum Gasteiger partial charge on any atom is -0.482 e. The molecule has 3 nitrogen and oxygen atoms in total. The second kappa shape index (κ2) is 5.52. The number of hydrogen-bond donors (Lipinski definition) is 0. The lowest BCUT2D eigenvalue weighted by molar-refractivity contribution is -0.123. The summed E-state index contributed by atoms with van der Waals surface area (Å²) in [6, 6.07) is 16.7. The van der Waals surface area contributed by atoms with Crippen LogP contribution >= 0.6 is 0 Å². The van der Waals surface area contributed by atoms with Gasteiger partial charge < -0.3 is 4.74 Å². The van der Waals surface area contributed by atoms with Crippen molar-refractivity contribution in [1.82, 2.24) is 0 Å². The molecule has 3 heteroatoms. The average molecular weight is 280 g/mol. The zero-order valence-electron chi connectivity index (χ0n) is 11.8. The van der Waals surface area contributed by atoms with Crippen LogP contribution in [0.1, 0.15) is 35.2 Å². The Morgan fingerprint density at radius 1 is 1.00 bits per heavy atom. The van der Waals surface area contributed by atoms with E-state index in [0.717, 1.165) is 5.56 Å². The number of rotatable bonds is 4. The fourth-order valence-electron chi connectivity index (χ4n) is 2.80. The highest BCUT2D eigenvalue weighted by molar-refractivity contribution is 5.97. The van der Waals surface area contributed by atoms with Gasteiger partial charge in [-0.05, 0) is 13.0 Å². The summed E-state index contributed by atoms with van der Waals surface area (Å²) in [5.41, 5.74) is 1.62. The standard InChI is InChI=1S/C18H16O3/c1-12(19)18-15(14-9-5-6-10-17(14)21-18)11-16(20)13-7-3-2-4-8-13/h2-10,15,18H,11H2,1H3/t15-,18-/m1/s1. The summed E-state index contributed by atoms with van der Waals surface area (Å²) in [7, 11) is 0. The molecule has 0 aliphatic carbocycles. The summed E-state index contributed by atoms with van der Waals surface area (Å²) < 4.78 is 5.72. The van der Waals surface area contributed by atoms with E-state index in [1.165, 1.54) is 6.92 Å². The zero-order chi connectivity index (χ0) is 14.8. The van der Waals surface area contributed by atoms with Gasteiger partial charge in [-0.3, -0.25) is 9.59 Å². The van der Waals surface area contributed by atoms with Gasteiger partial charge >= 0.3 is 0 Å². The zero-order valence-corrected chi connectivity index (χ0v) is 11.8. The van der Waals surface area contributed by atoms with Crippen LogP contribution in [0, 0.1) is 0 Å². The molecule has 1 heterocycles. The first-order valence-corrected chi connectivity index (χ1v) is 7.01. The van der Waals surface area contributed by atoms with E-state index in [0.29, 0.717) is 11.3 Å². The Balaban J connectivity index is 1.88. The number of Topliss-reactive ketones (excluding diaryl/α,β-unsaturated/α-hetero) is 2. The Kier molecular flexibility index (Phi) is 3.57. The lowest BCUT2D eigenvalue weighted by Gasteiger charge is -2.15. The first-order chi connectivity index (χ1) is 10.2. The van der Waals surface area contributed by atoms with Crippen LogP contribution in [0.5, 0.6) is 5.75 Å². The fourth-order valence-corrected chi connectivity index (χ4v) is 2.80. The summed E-state index contributed by atoms with van der Waals surface area (Å²) in [5.74, 6) is 0.499. The summed E-state index contributed by atoms with van der Waals surface area (Å²) in [6.45, 7) is 1.51. The molecule has 0 aromatic heterocycles. The van der Waals surface area contributed by atoms with E-state index in [2.05, 4.69) is 0 Å². The Morgan fingerprint density at radius 3 is 2.38 bits per heavy atom. The molecule has 0 radical (unpaired) electrons. The molecule has 0 fully saturated rings. The number of carbonyl (C=O) groups excluding carboxylic acids is 2. The van der Waals surface area contributed by atoms with Gasteiger partial charge in [0.15, 0.2) is 17.7 Å². The lowest BCUT2D eigenvalue weighted by Crippen LogP contribution is -2.28. The van der Waals surface area contributed by atoms with Gasteiger partial charge in [-0.25, -0.2) is 0 Å². The Labute approximate surface area is 123 Å². The van der Waals surface area contributed by atoms with Gasteiger partial charge in [0.25, 0.3) is 0 Å². The third-order valence-corrected chi connectivity index (χ3v) is 3.84. The van der Waals surface area contributed by atoms with Gasteiger partial charge in [-0.2, -0.15) is 0 Å². The lowest BCUT2D eigenvalue weighted by atomic mass is 9.87. The van der Waals surface area contributed by atoms with E-state index >= 15 is 0 Å². The molecule has 1 aliphatic rings. The number of hydrogen-bond acceptors (Lipinski definition) is 3. The molecular weight excluding hydrogens is 264 g/mol. The van der Waals surface area contributed by atoms with Gasteiger partial charge in [-0.15, -0.1) is 0 Å². The predicted octanol–water partition coefficient (Wildman–Crippen LogP) is 3.39. The van der Waals surface area contributed by atoms with Crippen molar-refractivity contribution in [3.8, 4) is 5.75 Å². The number of ether oxygens (including phenoxy) is 1. The number of carbonyl (C=O) groups is 2. The van der Waals surface area contributed by atoms with Gasteiger partial charge in [0.05, 0.1) is 0 Å². The molecule has 0 amide bonds. The second-order valence-electron chi connectivity index (χ2n) is 5.29. The van der Waals surface area contributed by atoms with Crippen molar-refractivity contribution in [3.05, 3.63) is 65.7 Å². The number of fused-ring (bicyclic) bond motifs is 1. The normalized spacial score (nSPS) is 19.7. The topological polar surface area (TPSA) is 43.4 Å².